The molecule has 0 aliphatic rings. The summed E-state index contributed by atoms with van der Waals surface area (Å²) in [6, 6.07) is 14.8. The normalized spacial score (nSPS) is 11.8. The third-order valence-electron chi connectivity index (χ3n) is 5.83. The van der Waals surface area contributed by atoms with Gasteiger partial charge in [-0.05, 0) is 55.6 Å². The van der Waals surface area contributed by atoms with Crippen LogP contribution in [0.15, 0.2) is 86.0 Å². The van der Waals surface area contributed by atoms with Crippen LogP contribution in [0.3, 0.4) is 0 Å². The first-order chi connectivity index (χ1) is 20.6. The Bertz CT molecular complexity index is 1850. The Kier molecular flexibility index (Phi) is 9.46. The molecule has 0 fully saturated rings. The van der Waals surface area contributed by atoms with Crippen LogP contribution in [0.5, 0.6) is 17.2 Å². The van der Waals surface area contributed by atoms with Crippen molar-refractivity contribution in [3.05, 3.63) is 66.2 Å². The third kappa shape index (κ3) is 6.84. The van der Waals surface area contributed by atoms with Crippen LogP contribution in [0.4, 0.5) is 28.4 Å². The van der Waals surface area contributed by atoms with Crippen molar-refractivity contribution in [3.63, 3.8) is 0 Å². The minimum atomic E-state index is -4.53. The molecule has 0 saturated carbocycles. The molecule has 224 valence electrons. The third-order valence-corrected chi connectivity index (χ3v) is 6.94. The average molecular weight is 610 g/mol. The van der Waals surface area contributed by atoms with E-state index in [-0.39, 0.29) is 47.0 Å². The van der Waals surface area contributed by atoms with Crippen molar-refractivity contribution < 1.29 is 36.9 Å². The van der Waals surface area contributed by atoms with Gasteiger partial charge in [-0.15, -0.1) is 15.3 Å². The van der Waals surface area contributed by atoms with E-state index >= 15 is 0 Å². The number of azo groups is 2. The molecule has 0 amide bonds. The number of phenols is 1. The maximum absolute atomic E-state index is 12.6. The first-order valence-corrected chi connectivity index (χ1v) is 14.0. The van der Waals surface area contributed by atoms with Crippen molar-refractivity contribution in [1.82, 2.24) is 0 Å². The summed E-state index contributed by atoms with van der Waals surface area (Å²) in [5.41, 5.74) is 6.61. The van der Waals surface area contributed by atoms with Crippen molar-refractivity contribution in [1.29, 1.82) is 0 Å². The molecule has 0 heterocycles. The lowest BCUT2D eigenvalue weighted by Gasteiger charge is -2.13. The number of phenolic OH excluding ortho intramolecular Hbond substituents is 1. The molecule has 0 saturated heterocycles. The largest absolute Gasteiger partial charge is 0.505 e. The Hall–Kier alpha value is -5.16. The quantitative estimate of drug-likeness (QED) is 0.0958. The summed E-state index contributed by atoms with van der Waals surface area (Å²) >= 11 is 0. The van der Waals surface area contributed by atoms with Gasteiger partial charge in [-0.3, -0.25) is 0 Å². The fourth-order valence-electron chi connectivity index (χ4n) is 3.91. The number of nitrogens with zero attached hydrogens (tertiary/aromatic N) is 4. The van der Waals surface area contributed by atoms with Gasteiger partial charge in [0.25, 0.3) is 0 Å². The minimum Gasteiger partial charge on any atom is -0.505 e. The van der Waals surface area contributed by atoms with E-state index in [4.69, 9.17) is 27.0 Å². The zero-order valence-corrected chi connectivity index (χ0v) is 23.7. The molecule has 7 N–H and O–H groups in total. The van der Waals surface area contributed by atoms with Gasteiger partial charge in [0, 0.05) is 23.2 Å². The maximum Gasteiger partial charge on any atom is 0.356 e. The molecule has 15 nitrogen and oxygen atoms in total. The number of rotatable bonds is 11. The van der Waals surface area contributed by atoms with E-state index < -0.39 is 32.4 Å². The van der Waals surface area contributed by atoms with Crippen LogP contribution in [-0.2, 0) is 19.2 Å². The van der Waals surface area contributed by atoms with E-state index in [1.165, 1.54) is 48.5 Å². The lowest BCUT2D eigenvalue weighted by molar-refractivity contribution is 0.0503. The summed E-state index contributed by atoms with van der Waals surface area (Å²) in [7, 11) is -4.53. The molecule has 0 atom stereocenters. The number of benzene rings is 4. The van der Waals surface area contributed by atoms with Gasteiger partial charge in [0.15, 0.2) is 5.75 Å². The molecule has 16 heteroatoms. The van der Waals surface area contributed by atoms with Gasteiger partial charge in [0.2, 0.25) is 0 Å². The number of ether oxygens (including phenoxy) is 2. The van der Waals surface area contributed by atoms with Crippen LogP contribution < -0.4 is 27.0 Å². The zero-order valence-electron chi connectivity index (χ0n) is 22.9. The summed E-state index contributed by atoms with van der Waals surface area (Å²) in [4.78, 5) is 15.5. The highest BCUT2D eigenvalue weighted by Crippen LogP contribution is 2.45. The number of hydrogen-bond donors (Lipinski definition) is 4. The van der Waals surface area contributed by atoms with Crippen molar-refractivity contribution in [2.24, 2.45) is 32.3 Å². The van der Waals surface area contributed by atoms with Crippen LogP contribution in [0, 0.1) is 0 Å². The molecule has 0 unspecified atom stereocenters. The molecule has 4 rings (SSSR count). The molecular formula is C27H27N7O8S. The summed E-state index contributed by atoms with van der Waals surface area (Å²) < 4.78 is 40.9. The molecule has 4 aromatic carbocycles. The van der Waals surface area contributed by atoms with Gasteiger partial charge in [-0.25, -0.2) is 4.79 Å². The summed E-state index contributed by atoms with van der Waals surface area (Å²) in [5.74, 6) is 9.14. The van der Waals surface area contributed by atoms with Gasteiger partial charge in [-0.1, -0.05) is 12.1 Å². The SMILES string of the molecule is CCOc1cc(N=Nc2c(S(=O)(=O)ON)cc3ccc(N)cc3c2O)c(OCC)cc1N=Nc1cccc(C(=O)ON)c1. The standard InChI is InChI=1S/C27H27N7O8S/c1-3-39-22-14-21(23(40-4-2)13-20(22)32-31-18-7-5-6-16(10-18)27(36)41-29)33-34-25-24(43(37,38)42-30)11-15-8-9-17(28)12-19(15)26(25)35/h5-14,35H,3-4,28-30H2,1-2H3. The Morgan fingerprint density at radius 1 is 0.860 bits per heavy atom. The Labute approximate surface area is 245 Å². The summed E-state index contributed by atoms with van der Waals surface area (Å²) in [6.45, 7) is 3.96. The highest BCUT2D eigenvalue weighted by molar-refractivity contribution is 7.86. The molecule has 0 aromatic heterocycles. The number of fused-ring (bicyclic) bond motifs is 1. The van der Waals surface area contributed by atoms with Gasteiger partial charge < -0.3 is 25.2 Å². The lowest BCUT2D eigenvalue weighted by atomic mass is 10.1. The molecule has 0 radical (unpaired) electrons. The van der Waals surface area contributed by atoms with Gasteiger partial charge in [-0.2, -0.15) is 29.6 Å². The van der Waals surface area contributed by atoms with Gasteiger partial charge >= 0.3 is 16.1 Å². The first-order valence-electron chi connectivity index (χ1n) is 12.6. The van der Waals surface area contributed by atoms with Crippen molar-refractivity contribution in [3.8, 4) is 17.2 Å². The van der Waals surface area contributed by atoms with Crippen molar-refractivity contribution in [2.75, 3.05) is 18.9 Å². The number of hydrogen-bond acceptors (Lipinski definition) is 15. The topological polar surface area (TPSA) is 236 Å². The highest BCUT2D eigenvalue weighted by atomic mass is 32.2. The number of carbonyl (C=O) groups excluding carboxylic acids is 1. The first kappa shape index (κ1) is 30.8. The fraction of sp³-hybridized carbons (Fsp3) is 0.148. The second kappa shape index (κ2) is 13.2. The summed E-state index contributed by atoms with van der Waals surface area (Å²) in [6.07, 6.45) is 0. The monoisotopic (exact) mass is 609 g/mol. The molecular weight excluding hydrogens is 582 g/mol. The second-order valence-electron chi connectivity index (χ2n) is 8.61. The number of nitrogen functional groups attached to an aromatic ring is 1. The van der Waals surface area contributed by atoms with Gasteiger partial charge in [0.05, 0.1) is 24.5 Å². The number of anilines is 1. The molecule has 0 spiro atoms. The smallest absolute Gasteiger partial charge is 0.356 e. The highest BCUT2D eigenvalue weighted by Gasteiger charge is 2.25. The van der Waals surface area contributed by atoms with Crippen molar-refractivity contribution in [2.45, 2.75) is 18.7 Å². The number of nitrogens with two attached hydrogens (primary N) is 3. The molecule has 0 aliphatic heterocycles. The Balaban J connectivity index is 1.83. The van der Waals surface area contributed by atoms with Crippen LogP contribution in [-0.4, -0.2) is 32.7 Å². The molecule has 43 heavy (non-hydrogen) atoms. The molecule has 4 aromatic rings. The van der Waals surface area contributed by atoms with Crippen LogP contribution in [0.2, 0.25) is 0 Å². The van der Waals surface area contributed by atoms with Crippen LogP contribution in [0.25, 0.3) is 10.8 Å². The Morgan fingerprint density at radius 3 is 2.12 bits per heavy atom. The van der Waals surface area contributed by atoms with Crippen molar-refractivity contribution >= 4 is 55.3 Å². The van der Waals surface area contributed by atoms with E-state index in [9.17, 15) is 18.3 Å². The van der Waals surface area contributed by atoms with Crippen LogP contribution >= 0.6 is 0 Å². The van der Waals surface area contributed by atoms with E-state index in [1.807, 2.05) is 0 Å². The lowest BCUT2D eigenvalue weighted by Crippen LogP contribution is -2.11. The fourth-order valence-corrected chi connectivity index (χ4v) is 4.66. The van der Waals surface area contributed by atoms with Gasteiger partial charge in [0.1, 0.15) is 33.5 Å². The second-order valence-corrected chi connectivity index (χ2v) is 10.2. The molecule has 0 aliphatic carbocycles. The average Bonchev–Trinajstić information content (AvgIpc) is 3.00. The van der Waals surface area contributed by atoms with Crippen LogP contribution in [0.1, 0.15) is 24.2 Å². The maximum atomic E-state index is 12.6. The predicted octanol–water partition coefficient (Wildman–Crippen LogP) is 5.37. The number of aromatic hydroxyl groups is 1. The van der Waals surface area contributed by atoms with E-state index in [0.29, 0.717) is 16.8 Å². The van der Waals surface area contributed by atoms with E-state index in [2.05, 4.69) is 29.6 Å². The predicted molar refractivity (Wildman–Crippen MR) is 156 cm³/mol. The Morgan fingerprint density at radius 2 is 1.51 bits per heavy atom. The molecule has 0 bridgehead atoms. The minimum absolute atomic E-state index is 0.112. The van der Waals surface area contributed by atoms with E-state index in [1.54, 1.807) is 26.0 Å². The summed E-state index contributed by atoms with van der Waals surface area (Å²) in [5, 5.41) is 28.2. The van der Waals surface area contributed by atoms with E-state index in [0.717, 1.165) is 0 Å². The zero-order chi connectivity index (χ0) is 31.1. The number of carbonyl (C=O) groups is 1.